The number of benzene rings is 1. The molecule has 0 aromatic heterocycles. The SMILES string of the molecule is NC(=O)COC1CN(c2ccccc2)C1=O. The maximum Gasteiger partial charge on any atom is 0.258 e. The highest BCUT2D eigenvalue weighted by atomic mass is 16.5. The van der Waals surface area contributed by atoms with Crippen LogP contribution in [0, 0.1) is 0 Å². The Morgan fingerprint density at radius 2 is 2.12 bits per heavy atom. The van der Waals surface area contributed by atoms with Crippen LogP contribution in [0.5, 0.6) is 0 Å². The third-order valence-corrected chi connectivity index (χ3v) is 2.38. The first-order valence-corrected chi connectivity index (χ1v) is 4.95. The van der Waals surface area contributed by atoms with Gasteiger partial charge in [-0.05, 0) is 12.1 Å². The number of primary amides is 1. The van der Waals surface area contributed by atoms with Crippen LogP contribution in [0.15, 0.2) is 30.3 Å². The lowest BCUT2D eigenvalue weighted by atomic mass is 10.1. The Hall–Kier alpha value is -1.88. The van der Waals surface area contributed by atoms with Crippen LogP contribution >= 0.6 is 0 Å². The van der Waals surface area contributed by atoms with Gasteiger partial charge in [0.1, 0.15) is 6.61 Å². The molecular weight excluding hydrogens is 208 g/mol. The molecule has 2 rings (SSSR count). The van der Waals surface area contributed by atoms with Crippen molar-refractivity contribution in [3.63, 3.8) is 0 Å². The van der Waals surface area contributed by atoms with E-state index in [4.69, 9.17) is 10.5 Å². The summed E-state index contributed by atoms with van der Waals surface area (Å²) >= 11 is 0. The molecule has 0 spiro atoms. The summed E-state index contributed by atoms with van der Waals surface area (Å²) in [6, 6.07) is 9.31. The Balaban J connectivity index is 1.90. The van der Waals surface area contributed by atoms with Crippen LogP contribution in [0.1, 0.15) is 0 Å². The molecule has 1 fully saturated rings. The molecule has 0 bridgehead atoms. The lowest BCUT2D eigenvalue weighted by Gasteiger charge is -2.37. The van der Waals surface area contributed by atoms with Crippen molar-refractivity contribution in [1.29, 1.82) is 0 Å². The van der Waals surface area contributed by atoms with Crippen LogP contribution in [-0.4, -0.2) is 31.1 Å². The zero-order chi connectivity index (χ0) is 11.5. The summed E-state index contributed by atoms with van der Waals surface area (Å²) in [5, 5.41) is 0. The molecule has 16 heavy (non-hydrogen) atoms. The molecule has 1 aromatic rings. The zero-order valence-corrected chi connectivity index (χ0v) is 8.63. The fourth-order valence-electron chi connectivity index (χ4n) is 1.54. The maximum atomic E-state index is 11.6. The number of hydrogen-bond acceptors (Lipinski definition) is 3. The molecule has 2 N–H and O–H groups in total. The molecule has 1 aliphatic rings. The molecule has 5 nitrogen and oxygen atoms in total. The first kappa shape index (κ1) is 10.6. The predicted molar refractivity (Wildman–Crippen MR) is 57.7 cm³/mol. The van der Waals surface area contributed by atoms with E-state index in [1.807, 2.05) is 30.3 Å². The third-order valence-electron chi connectivity index (χ3n) is 2.38. The monoisotopic (exact) mass is 220 g/mol. The first-order chi connectivity index (χ1) is 7.68. The van der Waals surface area contributed by atoms with E-state index in [0.717, 1.165) is 5.69 Å². The second-order valence-electron chi connectivity index (χ2n) is 3.55. The van der Waals surface area contributed by atoms with Crippen LogP contribution in [0.2, 0.25) is 0 Å². The minimum absolute atomic E-state index is 0.132. The number of carbonyl (C=O) groups is 2. The second kappa shape index (κ2) is 4.32. The van der Waals surface area contributed by atoms with Crippen molar-refractivity contribution in [1.82, 2.24) is 0 Å². The van der Waals surface area contributed by atoms with Gasteiger partial charge in [-0.1, -0.05) is 18.2 Å². The van der Waals surface area contributed by atoms with Gasteiger partial charge in [0.05, 0.1) is 6.54 Å². The highest BCUT2D eigenvalue weighted by Crippen LogP contribution is 2.23. The summed E-state index contributed by atoms with van der Waals surface area (Å²) < 4.78 is 5.04. The number of amides is 2. The van der Waals surface area contributed by atoms with Crippen molar-refractivity contribution in [2.24, 2.45) is 5.73 Å². The Morgan fingerprint density at radius 1 is 1.44 bits per heavy atom. The van der Waals surface area contributed by atoms with E-state index in [1.54, 1.807) is 4.90 Å². The first-order valence-electron chi connectivity index (χ1n) is 4.95. The summed E-state index contributed by atoms with van der Waals surface area (Å²) in [6.07, 6.45) is -0.535. The average molecular weight is 220 g/mol. The number of rotatable bonds is 4. The highest BCUT2D eigenvalue weighted by Gasteiger charge is 2.38. The van der Waals surface area contributed by atoms with Gasteiger partial charge in [-0.3, -0.25) is 9.59 Å². The van der Waals surface area contributed by atoms with Crippen molar-refractivity contribution in [3.8, 4) is 0 Å². The minimum atomic E-state index is -0.564. The number of ether oxygens (including phenoxy) is 1. The molecule has 0 aliphatic carbocycles. The van der Waals surface area contributed by atoms with E-state index in [2.05, 4.69) is 0 Å². The maximum absolute atomic E-state index is 11.6. The van der Waals surface area contributed by atoms with Crippen LogP contribution in [-0.2, 0) is 14.3 Å². The molecule has 5 heteroatoms. The smallest absolute Gasteiger partial charge is 0.258 e. The van der Waals surface area contributed by atoms with Crippen molar-refractivity contribution in [3.05, 3.63) is 30.3 Å². The molecule has 1 heterocycles. The van der Waals surface area contributed by atoms with Crippen LogP contribution in [0.3, 0.4) is 0 Å². The quantitative estimate of drug-likeness (QED) is 0.720. The summed E-state index contributed by atoms with van der Waals surface area (Å²) in [4.78, 5) is 23.7. The lowest BCUT2D eigenvalue weighted by Crippen LogP contribution is -2.58. The van der Waals surface area contributed by atoms with Gasteiger partial charge in [0.15, 0.2) is 6.10 Å². The Morgan fingerprint density at radius 3 is 2.69 bits per heavy atom. The molecule has 84 valence electrons. The van der Waals surface area contributed by atoms with Crippen molar-refractivity contribution in [2.45, 2.75) is 6.10 Å². The summed E-state index contributed by atoms with van der Waals surface area (Å²) in [6.45, 7) is 0.259. The van der Waals surface area contributed by atoms with Gasteiger partial charge in [-0.25, -0.2) is 0 Å². The number of β-lactam (4-membered cyclic amide) rings is 1. The van der Waals surface area contributed by atoms with E-state index in [1.165, 1.54) is 0 Å². The van der Waals surface area contributed by atoms with E-state index in [-0.39, 0.29) is 12.5 Å². The Bertz CT molecular complexity index is 405. The molecule has 1 atom stereocenters. The van der Waals surface area contributed by atoms with Crippen LogP contribution < -0.4 is 10.6 Å². The van der Waals surface area contributed by atoms with Gasteiger partial charge in [-0.2, -0.15) is 0 Å². The second-order valence-corrected chi connectivity index (χ2v) is 3.55. The number of nitrogens with zero attached hydrogens (tertiary/aromatic N) is 1. The minimum Gasteiger partial charge on any atom is -0.368 e. The van der Waals surface area contributed by atoms with Crippen molar-refractivity contribution in [2.75, 3.05) is 18.1 Å². The average Bonchev–Trinajstić information content (AvgIpc) is 2.28. The highest BCUT2D eigenvalue weighted by molar-refractivity contribution is 6.03. The molecule has 1 saturated heterocycles. The van der Waals surface area contributed by atoms with Gasteiger partial charge in [-0.15, -0.1) is 0 Å². The van der Waals surface area contributed by atoms with Gasteiger partial charge in [0.2, 0.25) is 5.91 Å². The number of nitrogens with two attached hydrogens (primary N) is 1. The van der Waals surface area contributed by atoms with Gasteiger partial charge in [0.25, 0.3) is 5.91 Å². The fraction of sp³-hybridized carbons (Fsp3) is 0.273. The fourth-order valence-corrected chi connectivity index (χ4v) is 1.54. The van der Waals surface area contributed by atoms with E-state index < -0.39 is 12.0 Å². The molecule has 0 saturated carbocycles. The molecule has 2 amide bonds. The summed E-state index contributed by atoms with van der Waals surface area (Å²) in [5.74, 6) is -0.696. The lowest BCUT2D eigenvalue weighted by molar-refractivity contribution is -0.140. The summed E-state index contributed by atoms with van der Waals surface area (Å²) in [5.41, 5.74) is 5.76. The van der Waals surface area contributed by atoms with Crippen LogP contribution in [0.4, 0.5) is 5.69 Å². The van der Waals surface area contributed by atoms with Gasteiger partial charge in [0, 0.05) is 5.69 Å². The van der Waals surface area contributed by atoms with E-state index >= 15 is 0 Å². The molecular formula is C11H12N2O3. The molecule has 1 aliphatic heterocycles. The van der Waals surface area contributed by atoms with Gasteiger partial charge >= 0.3 is 0 Å². The largest absolute Gasteiger partial charge is 0.368 e. The number of para-hydroxylation sites is 1. The Kier molecular flexibility index (Phi) is 2.87. The van der Waals surface area contributed by atoms with Gasteiger partial charge < -0.3 is 15.4 Å². The molecule has 0 radical (unpaired) electrons. The predicted octanol–water partition coefficient (Wildman–Crippen LogP) is -0.0963. The van der Waals surface area contributed by atoms with E-state index in [9.17, 15) is 9.59 Å². The Labute approximate surface area is 92.8 Å². The number of hydrogen-bond donors (Lipinski definition) is 1. The summed E-state index contributed by atoms with van der Waals surface area (Å²) in [7, 11) is 0. The zero-order valence-electron chi connectivity index (χ0n) is 8.63. The van der Waals surface area contributed by atoms with Crippen molar-refractivity contribution >= 4 is 17.5 Å². The molecule has 1 aromatic carbocycles. The third kappa shape index (κ3) is 2.04. The normalized spacial score (nSPS) is 19.4. The molecule has 1 unspecified atom stereocenters. The standard InChI is InChI=1S/C11H12N2O3/c12-10(14)7-16-9-6-13(11(9)15)8-4-2-1-3-5-8/h1-5,9H,6-7H2,(H2,12,14). The van der Waals surface area contributed by atoms with Crippen LogP contribution in [0.25, 0.3) is 0 Å². The number of carbonyl (C=O) groups excluding carboxylic acids is 2. The van der Waals surface area contributed by atoms with Crippen molar-refractivity contribution < 1.29 is 14.3 Å². The topological polar surface area (TPSA) is 72.6 Å². The van der Waals surface area contributed by atoms with E-state index in [0.29, 0.717) is 6.54 Å². The number of anilines is 1.